The standard InChI is InChI=1S/C41H47F3N7O8P/c1-25(2)51(26(3)4)60(56-22-10-21-45)59-34-32(57-38(35(34)58-41(42,43)44)50-24-47-33-36(50)48-39(46)49-37(33)52)23-55-40(27-11-8-7-9-12-27,28-13-17-30(53-5)18-14-28)29-15-19-31(54-6)20-16-29/h7-9,11-20,24-26,32,34-35,38H,10,22-23H2,1-6H3,(H3,46,48,49,52)/t32-,34-,35-,38-,60?/m1/s1. The van der Waals surface area contributed by atoms with Crippen molar-refractivity contribution in [1.29, 1.82) is 5.26 Å². The molecule has 2 aromatic heterocycles. The number of nitriles is 1. The number of H-pyrrole nitrogens is 1. The van der Waals surface area contributed by atoms with Crippen molar-refractivity contribution >= 4 is 25.6 Å². The highest BCUT2D eigenvalue weighted by atomic mass is 31.2. The fraction of sp³-hybridized carbons (Fsp3) is 0.415. The number of nitrogen functional groups attached to an aromatic ring is 1. The number of fused-ring (bicyclic) bond motifs is 1. The van der Waals surface area contributed by atoms with Crippen LogP contribution in [0.15, 0.2) is 90.0 Å². The molecule has 19 heteroatoms. The first-order valence-electron chi connectivity index (χ1n) is 19.1. The molecule has 0 radical (unpaired) electrons. The van der Waals surface area contributed by atoms with E-state index in [1.807, 2.05) is 93.0 Å². The van der Waals surface area contributed by atoms with Crippen LogP contribution in [0.4, 0.5) is 19.1 Å². The van der Waals surface area contributed by atoms with Gasteiger partial charge in [-0.25, -0.2) is 9.65 Å². The van der Waals surface area contributed by atoms with E-state index in [4.69, 9.17) is 38.5 Å². The van der Waals surface area contributed by atoms with Gasteiger partial charge >= 0.3 is 6.36 Å². The summed E-state index contributed by atoms with van der Waals surface area (Å²) in [5.41, 5.74) is 5.43. The van der Waals surface area contributed by atoms with Gasteiger partial charge in [-0.3, -0.25) is 19.1 Å². The van der Waals surface area contributed by atoms with Crippen LogP contribution in [0.2, 0.25) is 0 Å². The Labute approximate surface area is 346 Å². The number of imidazole rings is 1. The molecule has 1 aliphatic rings. The average molecular weight is 854 g/mol. The third-order valence-corrected chi connectivity index (χ3v) is 11.9. The third-order valence-electron chi connectivity index (χ3n) is 9.79. The summed E-state index contributed by atoms with van der Waals surface area (Å²) in [6, 6.07) is 25.4. The molecule has 0 bridgehead atoms. The molecule has 1 saturated heterocycles. The molecular formula is C41H47F3N7O8P. The Morgan fingerprint density at radius 2 is 1.52 bits per heavy atom. The van der Waals surface area contributed by atoms with Crippen LogP contribution in [-0.2, 0) is 28.9 Å². The number of alkyl halides is 3. The molecule has 0 spiro atoms. The van der Waals surface area contributed by atoms with Crippen LogP contribution in [0.3, 0.4) is 0 Å². The van der Waals surface area contributed by atoms with E-state index in [-0.39, 0.29) is 48.8 Å². The largest absolute Gasteiger partial charge is 0.523 e. The summed E-state index contributed by atoms with van der Waals surface area (Å²) in [4.78, 5) is 23.5. The minimum Gasteiger partial charge on any atom is -0.497 e. The highest BCUT2D eigenvalue weighted by Gasteiger charge is 2.55. The molecular weight excluding hydrogens is 806 g/mol. The molecule has 5 atom stereocenters. The zero-order valence-corrected chi connectivity index (χ0v) is 34.7. The molecule has 60 heavy (non-hydrogen) atoms. The van der Waals surface area contributed by atoms with E-state index in [1.165, 1.54) is 0 Å². The second kappa shape index (κ2) is 19.1. The first-order chi connectivity index (χ1) is 28.7. The highest BCUT2D eigenvalue weighted by Crippen LogP contribution is 2.52. The van der Waals surface area contributed by atoms with Gasteiger partial charge in [0, 0.05) is 12.1 Å². The van der Waals surface area contributed by atoms with E-state index in [9.17, 15) is 23.2 Å². The predicted octanol–water partition coefficient (Wildman–Crippen LogP) is 7.19. The van der Waals surface area contributed by atoms with Crippen molar-refractivity contribution in [3.63, 3.8) is 0 Å². The molecule has 0 aliphatic carbocycles. The lowest BCUT2D eigenvalue weighted by molar-refractivity contribution is -0.355. The molecule has 0 saturated carbocycles. The number of rotatable bonds is 18. The lowest BCUT2D eigenvalue weighted by Gasteiger charge is -2.39. The fourth-order valence-electron chi connectivity index (χ4n) is 7.28. The van der Waals surface area contributed by atoms with Crippen LogP contribution in [0, 0.1) is 11.3 Å². The molecule has 1 fully saturated rings. The lowest BCUT2D eigenvalue weighted by Crippen LogP contribution is -2.44. The first kappa shape index (κ1) is 44.4. The van der Waals surface area contributed by atoms with Crippen molar-refractivity contribution in [1.82, 2.24) is 24.2 Å². The highest BCUT2D eigenvalue weighted by molar-refractivity contribution is 7.44. The number of aromatic nitrogens is 4. The van der Waals surface area contributed by atoms with E-state index in [2.05, 4.69) is 15.0 Å². The summed E-state index contributed by atoms with van der Waals surface area (Å²) in [6.45, 7) is 7.13. The number of halogens is 3. The van der Waals surface area contributed by atoms with Crippen LogP contribution >= 0.6 is 8.53 Å². The Morgan fingerprint density at radius 3 is 2.05 bits per heavy atom. The zero-order chi connectivity index (χ0) is 43.2. The molecule has 0 amide bonds. The van der Waals surface area contributed by atoms with Crippen LogP contribution in [0.1, 0.15) is 57.0 Å². The fourth-order valence-corrected chi connectivity index (χ4v) is 9.05. The number of benzene rings is 3. The molecule has 320 valence electrons. The first-order valence-corrected chi connectivity index (χ1v) is 20.2. The summed E-state index contributed by atoms with van der Waals surface area (Å²) in [5.74, 6) is 0.880. The molecule has 5 aromatic rings. The van der Waals surface area contributed by atoms with Crippen LogP contribution in [-0.4, -0.2) is 88.4 Å². The summed E-state index contributed by atoms with van der Waals surface area (Å²) in [5, 5.41) is 9.36. The quantitative estimate of drug-likeness (QED) is 0.0514. The van der Waals surface area contributed by atoms with Crippen molar-refractivity contribution in [3.8, 4) is 17.6 Å². The topological polar surface area (TPSA) is 181 Å². The average Bonchev–Trinajstić information content (AvgIpc) is 3.78. The van der Waals surface area contributed by atoms with Crippen LogP contribution < -0.4 is 20.8 Å². The predicted molar refractivity (Wildman–Crippen MR) is 216 cm³/mol. The smallest absolute Gasteiger partial charge is 0.497 e. The van der Waals surface area contributed by atoms with E-state index in [0.717, 1.165) is 10.9 Å². The Bertz CT molecular complexity index is 2220. The van der Waals surface area contributed by atoms with Gasteiger partial charge < -0.3 is 33.7 Å². The van der Waals surface area contributed by atoms with Crippen molar-refractivity contribution in [3.05, 3.63) is 112 Å². The maximum atomic E-state index is 14.7. The second-order valence-electron chi connectivity index (χ2n) is 14.3. The van der Waals surface area contributed by atoms with Crippen molar-refractivity contribution in [2.24, 2.45) is 0 Å². The van der Waals surface area contributed by atoms with Crippen molar-refractivity contribution in [2.75, 3.05) is 33.2 Å². The Hall–Kier alpha value is -5.12. The third kappa shape index (κ3) is 9.58. The summed E-state index contributed by atoms with van der Waals surface area (Å²) >= 11 is 0. The number of nitrogens with two attached hydrogens (primary N) is 1. The van der Waals surface area contributed by atoms with Crippen LogP contribution in [0.5, 0.6) is 11.5 Å². The Kier molecular flexibility index (Phi) is 14.1. The maximum Gasteiger partial charge on any atom is 0.523 e. The number of nitrogens with zero attached hydrogens (tertiary/aromatic N) is 5. The number of methoxy groups -OCH3 is 2. The number of ether oxygens (including phenoxy) is 5. The zero-order valence-electron chi connectivity index (χ0n) is 33.8. The maximum absolute atomic E-state index is 14.7. The van der Waals surface area contributed by atoms with Crippen molar-refractivity contribution < 1.29 is 45.9 Å². The normalized spacial score (nSPS) is 19.0. The summed E-state index contributed by atoms with van der Waals surface area (Å²) in [7, 11) is 0.933. The molecule has 15 nitrogen and oxygen atoms in total. The van der Waals surface area contributed by atoms with Gasteiger partial charge in [0.1, 0.15) is 35.4 Å². The molecule has 3 aromatic carbocycles. The number of hydrogen-bond donors (Lipinski definition) is 2. The number of aromatic amines is 1. The monoisotopic (exact) mass is 853 g/mol. The lowest BCUT2D eigenvalue weighted by atomic mass is 9.80. The van der Waals surface area contributed by atoms with Crippen molar-refractivity contribution in [2.45, 2.75) is 82.7 Å². The van der Waals surface area contributed by atoms with Gasteiger partial charge in [0.2, 0.25) is 5.95 Å². The molecule has 3 heterocycles. The molecule has 6 rings (SSSR count). The summed E-state index contributed by atoms with van der Waals surface area (Å²) < 4.78 is 89.4. The second-order valence-corrected chi connectivity index (χ2v) is 15.7. The Balaban J connectivity index is 1.53. The van der Waals surface area contributed by atoms with Gasteiger partial charge in [0.25, 0.3) is 14.1 Å². The van der Waals surface area contributed by atoms with E-state index >= 15 is 0 Å². The Morgan fingerprint density at radius 1 is 0.933 bits per heavy atom. The van der Waals surface area contributed by atoms with E-state index in [0.29, 0.717) is 28.2 Å². The van der Waals surface area contributed by atoms with Gasteiger partial charge in [0.15, 0.2) is 17.4 Å². The SMILES string of the molecule is COc1ccc(C(OC[C@H]2O[C@@H](n3cnc4c(=O)[nH]c(N)nc43)[C@H](OC(F)(F)F)[C@@H]2OP(OCCC#N)N(C(C)C)C(C)C)(c2ccccc2)c2ccc(OC)cc2)cc1. The molecule has 1 aliphatic heterocycles. The van der Waals surface area contributed by atoms with Gasteiger partial charge in [-0.2, -0.15) is 10.2 Å². The molecule has 3 N–H and O–H groups in total. The van der Waals surface area contributed by atoms with Gasteiger partial charge in [-0.05, 0) is 68.7 Å². The number of hydrogen-bond acceptors (Lipinski definition) is 13. The van der Waals surface area contributed by atoms with Gasteiger partial charge in [-0.15, -0.1) is 13.2 Å². The molecule has 1 unspecified atom stereocenters. The van der Waals surface area contributed by atoms with E-state index in [1.54, 1.807) is 38.5 Å². The summed E-state index contributed by atoms with van der Waals surface area (Å²) in [6.07, 6.45) is -10.5. The minimum atomic E-state index is -5.20. The number of nitrogens with one attached hydrogen (secondary N) is 1. The minimum absolute atomic E-state index is 0.00296. The van der Waals surface area contributed by atoms with E-state index < -0.39 is 50.6 Å². The number of anilines is 1. The van der Waals surface area contributed by atoms with Gasteiger partial charge in [0.05, 0.1) is 46.3 Å². The van der Waals surface area contributed by atoms with Gasteiger partial charge in [-0.1, -0.05) is 54.6 Å². The van der Waals surface area contributed by atoms with Crippen LogP contribution in [0.25, 0.3) is 11.2 Å².